The molecule has 3 unspecified atom stereocenters. The van der Waals surface area contributed by atoms with Gasteiger partial charge in [-0.25, -0.2) is 0 Å². The second-order valence-electron chi connectivity index (χ2n) is 6.35. The Morgan fingerprint density at radius 3 is 2.25 bits per heavy atom. The van der Waals surface area contributed by atoms with Crippen LogP contribution in [0.4, 0.5) is 0 Å². The van der Waals surface area contributed by atoms with E-state index in [4.69, 9.17) is 0 Å². The third-order valence-corrected chi connectivity index (χ3v) is 4.82. The topological polar surface area (TPSA) is 38.0 Å². The molecule has 3 atom stereocenters. The molecule has 0 radical (unpaired) electrons. The van der Waals surface area contributed by atoms with Crippen LogP contribution in [0.5, 0.6) is 0 Å². The van der Waals surface area contributed by atoms with Crippen LogP contribution in [0.1, 0.15) is 13.8 Å². The Labute approximate surface area is 97.0 Å². The minimum Gasteiger partial charge on any atom is -0.352 e. The number of hydrogen-bond donors (Lipinski definition) is 3. The molecule has 4 heteroatoms. The van der Waals surface area contributed by atoms with Gasteiger partial charge in [-0.2, -0.15) is 0 Å². The summed E-state index contributed by atoms with van der Waals surface area (Å²) in [4.78, 5) is 14.9. The van der Waals surface area contributed by atoms with Crippen molar-refractivity contribution in [2.45, 2.75) is 19.9 Å². The first kappa shape index (κ1) is 10.5. The second-order valence-corrected chi connectivity index (χ2v) is 6.35. The highest BCUT2D eigenvalue weighted by Gasteiger charge is 2.56. The van der Waals surface area contributed by atoms with E-state index >= 15 is 0 Å². The van der Waals surface area contributed by atoms with Crippen molar-refractivity contribution in [3.8, 4) is 0 Å². The Morgan fingerprint density at radius 2 is 1.81 bits per heavy atom. The van der Waals surface area contributed by atoms with Crippen molar-refractivity contribution in [2.24, 2.45) is 11.3 Å². The summed E-state index contributed by atoms with van der Waals surface area (Å²) in [7, 11) is 0. The summed E-state index contributed by atoms with van der Waals surface area (Å²) >= 11 is 0. The normalized spacial score (nSPS) is 50.1. The van der Waals surface area contributed by atoms with E-state index in [-0.39, 0.29) is 5.91 Å². The predicted octanol–water partition coefficient (Wildman–Crippen LogP) is -3.08. The summed E-state index contributed by atoms with van der Waals surface area (Å²) in [6.07, 6.45) is 0. The van der Waals surface area contributed by atoms with Gasteiger partial charge in [-0.15, -0.1) is 0 Å². The van der Waals surface area contributed by atoms with Crippen LogP contribution in [-0.2, 0) is 4.79 Å². The van der Waals surface area contributed by atoms with Gasteiger partial charge in [0.05, 0.1) is 43.6 Å². The minimum atomic E-state index is 0.146. The van der Waals surface area contributed by atoms with Crippen LogP contribution in [0.15, 0.2) is 0 Å². The van der Waals surface area contributed by atoms with E-state index in [1.165, 1.54) is 39.3 Å². The average Bonchev–Trinajstić information content (AvgIpc) is 2.39. The fourth-order valence-corrected chi connectivity index (χ4v) is 4.43. The molecule has 4 saturated heterocycles. The van der Waals surface area contributed by atoms with E-state index in [0.29, 0.717) is 17.4 Å². The maximum Gasteiger partial charge on any atom is 0.217 e. The third kappa shape index (κ3) is 1.55. The van der Waals surface area contributed by atoms with E-state index in [0.717, 1.165) is 0 Å². The van der Waals surface area contributed by atoms with Crippen LogP contribution in [-0.4, -0.2) is 51.2 Å². The maximum absolute atomic E-state index is 11.3. The van der Waals surface area contributed by atoms with Crippen molar-refractivity contribution < 1.29 is 14.6 Å². The number of nitrogens with one attached hydrogen (secondary N) is 3. The number of amides is 1. The van der Waals surface area contributed by atoms with Crippen molar-refractivity contribution in [3.63, 3.8) is 0 Å². The molecule has 0 saturated carbocycles. The van der Waals surface area contributed by atoms with E-state index in [9.17, 15) is 4.79 Å². The summed E-state index contributed by atoms with van der Waals surface area (Å²) in [6, 6.07) is 0.426. The number of carbonyl (C=O) groups excluding carboxylic acids is 1. The molecular weight excluding hydrogens is 202 g/mol. The summed E-state index contributed by atoms with van der Waals surface area (Å²) < 4.78 is 0. The monoisotopic (exact) mass is 225 g/mol. The number of hydrogen-bond acceptors (Lipinski definition) is 1. The molecule has 4 heterocycles. The molecule has 0 aromatic carbocycles. The van der Waals surface area contributed by atoms with Gasteiger partial charge in [0, 0.05) is 6.92 Å². The van der Waals surface area contributed by atoms with E-state index in [1.807, 2.05) is 0 Å². The largest absolute Gasteiger partial charge is 0.352 e. The maximum atomic E-state index is 11.3. The highest BCUT2D eigenvalue weighted by atomic mass is 16.1. The molecule has 90 valence electrons. The van der Waals surface area contributed by atoms with Gasteiger partial charge in [0.1, 0.15) is 13.1 Å². The van der Waals surface area contributed by atoms with Crippen LogP contribution >= 0.6 is 0 Å². The Bertz CT molecular complexity index is 301. The molecule has 16 heavy (non-hydrogen) atoms. The van der Waals surface area contributed by atoms with Gasteiger partial charge in [-0.3, -0.25) is 4.79 Å². The predicted molar refractivity (Wildman–Crippen MR) is 60.3 cm³/mol. The standard InChI is InChI=1S/C12H21N3O/c1-9(16)13-11-10-5-14-3-4-15(6-10)8-12(11,2)7-14/h10-11H,3-8H2,1-2H3,(H,13,16)/p+2. The highest BCUT2D eigenvalue weighted by Crippen LogP contribution is 2.29. The molecule has 4 bridgehead atoms. The number of fused-ring (bicyclic) bond motifs is 1. The van der Waals surface area contributed by atoms with Crippen molar-refractivity contribution in [3.05, 3.63) is 0 Å². The molecule has 4 aliphatic rings. The fourth-order valence-electron chi connectivity index (χ4n) is 4.43. The van der Waals surface area contributed by atoms with Gasteiger partial charge in [0.25, 0.3) is 0 Å². The summed E-state index contributed by atoms with van der Waals surface area (Å²) in [5, 5.41) is 3.23. The highest BCUT2D eigenvalue weighted by molar-refractivity contribution is 5.73. The molecule has 4 aliphatic heterocycles. The number of piperidine rings is 2. The Hall–Kier alpha value is -0.610. The zero-order valence-corrected chi connectivity index (χ0v) is 10.3. The lowest BCUT2D eigenvalue weighted by Crippen LogP contribution is -3.17. The second kappa shape index (κ2) is 3.44. The van der Waals surface area contributed by atoms with Gasteiger partial charge in [0.15, 0.2) is 0 Å². The van der Waals surface area contributed by atoms with Crippen LogP contribution in [0.3, 0.4) is 0 Å². The first-order valence-corrected chi connectivity index (χ1v) is 6.51. The SMILES string of the molecule is CC(=O)NC1C2C[NH+]3CC[NH+](C2)CC1(C)C3. The molecule has 4 rings (SSSR count). The summed E-state index contributed by atoms with van der Waals surface area (Å²) in [5.74, 6) is 0.844. The quantitative estimate of drug-likeness (QED) is 0.435. The van der Waals surface area contributed by atoms with Crippen LogP contribution < -0.4 is 15.1 Å². The van der Waals surface area contributed by atoms with Gasteiger partial charge in [0.2, 0.25) is 5.91 Å². The Morgan fingerprint density at radius 1 is 1.25 bits per heavy atom. The van der Waals surface area contributed by atoms with Crippen LogP contribution in [0.25, 0.3) is 0 Å². The first-order chi connectivity index (χ1) is 7.57. The van der Waals surface area contributed by atoms with Crippen LogP contribution in [0, 0.1) is 11.3 Å². The molecule has 0 aliphatic carbocycles. The molecule has 4 fully saturated rings. The zero-order chi connectivity index (χ0) is 11.3. The molecule has 0 aromatic heterocycles. The number of carbonyl (C=O) groups is 1. The van der Waals surface area contributed by atoms with Crippen molar-refractivity contribution in [2.75, 3.05) is 39.3 Å². The number of rotatable bonds is 1. The zero-order valence-electron chi connectivity index (χ0n) is 10.3. The lowest BCUT2D eigenvalue weighted by molar-refractivity contribution is -0.918. The fraction of sp³-hybridized carbons (Fsp3) is 0.917. The summed E-state index contributed by atoms with van der Waals surface area (Å²) in [5.41, 5.74) is 0.327. The van der Waals surface area contributed by atoms with Crippen molar-refractivity contribution in [1.29, 1.82) is 0 Å². The van der Waals surface area contributed by atoms with Gasteiger partial charge in [-0.05, 0) is 6.92 Å². The molecule has 0 spiro atoms. The Kier molecular flexibility index (Phi) is 2.27. The van der Waals surface area contributed by atoms with Crippen molar-refractivity contribution in [1.82, 2.24) is 5.32 Å². The lowest BCUT2D eigenvalue weighted by atomic mass is 9.69. The Balaban J connectivity index is 1.89. The lowest BCUT2D eigenvalue weighted by Gasteiger charge is -2.49. The van der Waals surface area contributed by atoms with Gasteiger partial charge < -0.3 is 15.1 Å². The minimum absolute atomic E-state index is 0.146. The van der Waals surface area contributed by atoms with Crippen molar-refractivity contribution >= 4 is 5.91 Å². The van der Waals surface area contributed by atoms with Crippen LogP contribution in [0.2, 0.25) is 0 Å². The first-order valence-electron chi connectivity index (χ1n) is 6.51. The smallest absolute Gasteiger partial charge is 0.217 e. The molecular formula is C12H23N3O+2. The summed E-state index contributed by atoms with van der Waals surface area (Å²) in [6.45, 7) is 11.7. The molecule has 3 N–H and O–H groups in total. The molecule has 4 nitrogen and oxygen atoms in total. The van der Waals surface area contributed by atoms with Gasteiger partial charge in [-0.1, -0.05) is 0 Å². The van der Waals surface area contributed by atoms with E-state index in [2.05, 4.69) is 12.2 Å². The molecule has 0 aromatic rings. The third-order valence-electron chi connectivity index (χ3n) is 4.82. The molecule has 1 amide bonds. The average molecular weight is 225 g/mol. The van der Waals surface area contributed by atoms with E-state index in [1.54, 1.807) is 16.7 Å². The number of quaternary nitrogens is 2. The van der Waals surface area contributed by atoms with Gasteiger partial charge >= 0.3 is 0 Å². The van der Waals surface area contributed by atoms with E-state index < -0.39 is 0 Å².